The molecule has 0 heterocycles. The first kappa shape index (κ1) is 14.4. The zero-order chi connectivity index (χ0) is 14.7. The van der Waals surface area contributed by atoms with Crippen molar-refractivity contribution >= 4 is 5.69 Å². The van der Waals surface area contributed by atoms with Gasteiger partial charge in [-0.25, -0.2) is 4.39 Å². The average molecular weight is 273 g/mol. The van der Waals surface area contributed by atoms with E-state index in [0.717, 1.165) is 11.8 Å². The topological polar surface area (TPSA) is 32.3 Å². The summed E-state index contributed by atoms with van der Waals surface area (Å²) in [5.41, 5.74) is 2.77. The predicted octanol–water partition coefficient (Wildman–Crippen LogP) is 4.83. The van der Waals surface area contributed by atoms with Crippen LogP contribution >= 0.6 is 0 Å². The smallest absolute Gasteiger partial charge is 0.132 e. The first-order valence-corrected chi connectivity index (χ1v) is 6.83. The van der Waals surface area contributed by atoms with Gasteiger partial charge in [-0.2, -0.15) is 0 Å². The Balaban J connectivity index is 2.26. The molecule has 0 aliphatic rings. The van der Waals surface area contributed by atoms with E-state index in [1.54, 1.807) is 6.07 Å². The first-order chi connectivity index (χ1) is 9.49. The van der Waals surface area contributed by atoms with Gasteiger partial charge >= 0.3 is 0 Å². The SMILES string of the molecule is CC(C)c1ccccc1NC(C)c1ccc(O)cc1F. The van der Waals surface area contributed by atoms with Crippen LogP contribution in [0.2, 0.25) is 0 Å². The van der Waals surface area contributed by atoms with Crippen molar-refractivity contribution in [3.05, 3.63) is 59.4 Å². The Kier molecular flexibility index (Phi) is 4.28. The van der Waals surface area contributed by atoms with Crippen molar-refractivity contribution in [1.82, 2.24) is 0 Å². The van der Waals surface area contributed by atoms with Gasteiger partial charge in [0.1, 0.15) is 11.6 Å². The Bertz CT molecular complexity index is 595. The highest BCUT2D eigenvalue weighted by atomic mass is 19.1. The third kappa shape index (κ3) is 3.10. The van der Waals surface area contributed by atoms with Crippen molar-refractivity contribution in [2.75, 3.05) is 5.32 Å². The van der Waals surface area contributed by atoms with Crippen LogP contribution in [0.25, 0.3) is 0 Å². The third-order valence-corrected chi connectivity index (χ3v) is 3.41. The van der Waals surface area contributed by atoms with Gasteiger partial charge in [-0.1, -0.05) is 38.1 Å². The number of halogens is 1. The minimum Gasteiger partial charge on any atom is -0.508 e. The van der Waals surface area contributed by atoms with Crippen LogP contribution in [-0.2, 0) is 0 Å². The van der Waals surface area contributed by atoms with Gasteiger partial charge in [-0.15, -0.1) is 0 Å². The van der Waals surface area contributed by atoms with Gasteiger partial charge < -0.3 is 10.4 Å². The number of rotatable bonds is 4. The van der Waals surface area contributed by atoms with Crippen molar-refractivity contribution in [2.45, 2.75) is 32.7 Å². The average Bonchev–Trinajstić information content (AvgIpc) is 2.38. The van der Waals surface area contributed by atoms with Gasteiger partial charge in [-0.3, -0.25) is 0 Å². The van der Waals surface area contributed by atoms with Crippen molar-refractivity contribution in [1.29, 1.82) is 0 Å². The van der Waals surface area contributed by atoms with Crippen LogP contribution in [0.4, 0.5) is 10.1 Å². The van der Waals surface area contributed by atoms with Crippen molar-refractivity contribution < 1.29 is 9.50 Å². The second kappa shape index (κ2) is 5.95. The lowest BCUT2D eigenvalue weighted by atomic mass is 10.00. The zero-order valence-electron chi connectivity index (χ0n) is 12.0. The number of hydrogen-bond acceptors (Lipinski definition) is 2. The highest BCUT2D eigenvalue weighted by Gasteiger charge is 2.13. The molecular formula is C17H20FNO. The number of phenolic OH excluding ortho intramolecular Hbond substituents is 1. The van der Waals surface area contributed by atoms with E-state index in [9.17, 15) is 9.50 Å². The molecule has 0 aromatic heterocycles. The van der Waals surface area contributed by atoms with Gasteiger partial charge in [-0.05, 0) is 30.5 Å². The molecule has 2 nitrogen and oxygen atoms in total. The number of hydrogen-bond donors (Lipinski definition) is 2. The molecule has 106 valence electrons. The second-order valence-electron chi connectivity index (χ2n) is 5.31. The van der Waals surface area contributed by atoms with E-state index in [-0.39, 0.29) is 11.8 Å². The van der Waals surface area contributed by atoms with E-state index in [2.05, 4.69) is 25.2 Å². The third-order valence-electron chi connectivity index (χ3n) is 3.41. The van der Waals surface area contributed by atoms with E-state index < -0.39 is 5.82 Å². The maximum atomic E-state index is 13.9. The lowest BCUT2D eigenvalue weighted by Crippen LogP contribution is -2.10. The molecule has 0 spiro atoms. The van der Waals surface area contributed by atoms with Crippen LogP contribution in [0.3, 0.4) is 0 Å². The fraction of sp³-hybridized carbons (Fsp3) is 0.294. The number of anilines is 1. The standard InChI is InChI=1S/C17H20FNO/c1-11(2)14-6-4-5-7-17(14)19-12(3)15-9-8-13(20)10-16(15)18/h4-12,19-20H,1-3H3. The summed E-state index contributed by atoms with van der Waals surface area (Å²) in [6, 6.07) is 12.1. The zero-order valence-corrected chi connectivity index (χ0v) is 12.0. The summed E-state index contributed by atoms with van der Waals surface area (Å²) < 4.78 is 13.9. The number of aromatic hydroxyl groups is 1. The number of para-hydroxylation sites is 1. The molecule has 0 saturated carbocycles. The Morgan fingerprint density at radius 3 is 2.35 bits per heavy atom. The van der Waals surface area contributed by atoms with Gasteiger partial charge in [0, 0.05) is 17.3 Å². The van der Waals surface area contributed by atoms with Gasteiger partial charge in [0.15, 0.2) is 0 Å². The normalized spacial score (nSPS) is 12.4. The molecule has 2 rings (SSSR count). The van der Waals surface area contributed by atoms with Gasteiger partial charge in [0.05, 0.1) is 6.04 Å². The molecule has 0 radical (unpaired) electrons. The molecule has 2 N–H and O–H groups in total. The Labute approximate surface area is 119 Å². The van der Waals surface area contributed by atoms with Crippen LogP contribution in [0.1, 0.15) is 43.9 Å². The Morgan fingerprint density at radius 2 is 1.70 bits per heavy atom. The molecule has 1 atom stereocenters. The molecule has 2 aromatic carbocycles. The molecule has 0 bridgehead atoms. The predicted molar refractivity (Wildman–Crippen MR) is 80.6 cm³/mol. The molecule has 0 amide bonds. The fourth-order valence-electron chi connectivity index (χ4n) is 2.31. The van der Waals surface area contributed by atoms with Crippen LogP contribution in [0, 0.1) is 5.82 Å². The quantitative estimate of drug-likeness (QED) is 0.836. The Hall–Kier alpha value is -2.03. The minimum absolute atomic E-state index is 0.0546. The molecule has 2 aromatic rings. The number of nitrogens with one attached hydrogen (secondary N) is 1. The maximum absolute atomic E-state index is 13.9. The summed E-state index contributed by atoms with van der Waals surface area (Å²) in [5, 5.41) is 12.6. The molecular weight excluding hydrogens is 253 g/mol. The molecule has 20 heavy (non-hydrogen) atoms. The van der Waals surface area contributed by atoms with E-state index in [1.165, 1.54) is 11.6 Å². The summed E-state index contributed by atoms with van der Waals surface area (Å²) in [5.74, 6) is -0.0522. The van der Waals surface area contributed by atoms with Crippen molar-refractivity contribution in [3.63, 3.8) is 0 Å². The monoisotopic (exact) mass is 273 g/mol. The Morgan fingerprint density at radius 1 is 1.00 bits per heavy atom. The van der Waals surface area contributed by atoms with E-state index in [0.29, 0.717) is 11.5 Å². The highest BCUT2D eigenvalue weighted by Crippen LogP contribution is 2.29. The summed E-state index contributed by atoms with van der Waals surface area (Å²) in [6.07, 6.45) is 0. The van der Waals surface area contributed by atoms with Crippen LogP contribution in [-0.4, -0.2) is 5.11 Å². The van der Waals surface area contributed by atoms with Crippen LogP contribution in [0.5, 0.6) is 5.75 Å². The van der Waals surface area contributed by atoms with E-state index in [4.69, 9.17) is 0 Å². The summed E-state index contributed by atoms with van der Waals surface area (Å²) >= 11 is 0. The molecule has 0 aliphatic heterocycles. The maximum Gasteiger partial charge on any atom is 0.132 e. The highest BCUT2D eigenvalue weighted by molar-refractivity contribution is 5.54. The fourth-order valence-corrected chi connectivity index (χ4v) is 2.31. The molecule has 0 saturated heterocycles. The van der Waals surface area contributed by atoms with Crippen LogP contribution < -0.4 is 5.32 Å². The lowest BCUT2D eigenvalue weighted by molar-refractivity contribution is 0.467. The summed E-state index contributed by atoms with van der Waals surface area (Å²) in [6.45, 7) is 6.17. The number of benzene rings is 2. The van der Waals surface area contributed by atoms with Gasteiger partial charge in [0.2, 0.25) is 0 Å². The van der Waals surface area contributed by atoms with Crippen molar-refractivity contribution in [2.24, 2.45) is 0 Å². The van der Waals surface area contributed by atoms with Crippen LogP contribution in [0.15, 0.2) is 42.5 Å². The second-order valence-corrected chi connectivity index (χ2v) is 5.31. The summed E-state index contributed by atoms with van der Waals surface area (Å²) in [7, 11) is 0. The molecule has 1 unspecified atom stereocenters. The molecule has 3 heteroatoms. The summed E-state index contributed by atoms with van der Waals surface area (Å²) in [4.78, 5) is 0. The first-order valence-electron chi connectivity index (χ1n) is 6.83. The van der Waals surface area contributed by atoms with E-state index in [1.807, 2.05) is 25.1 Å². The number of phenols is 1. The van der Waals surface area contributed by atoms with Crippen molar-refractivity contribution in [3.8, 4) is 5.75 Å². The largest absolute Gasteiger partial charge is 0.508 e. The molecule has 0 aliphatic carbocycles. The minimum atomic E-state index is -0.396. The lowest BCUT2D eigenvalue weighted by Gasteiger charge is -2.20. The molecule has 0 fully saturated rings. The van der Waals surface area contributed by atoms with E-state index >= 15 is 0 Å². The van der Waals surface area contributed by atoms with Gasteiger partial charge in [0.25, 0.3) is 0 Å².